The molecule has 3 unspecified atom stereocenters. The molecule has 0 saturated heterocycles. The van der Waals surface area contributed by atoms with E-state index in [2.05, 4.69) is 141 Å². The third kappa shape index (κ3) is 48.8. The molecule has 66 heavy (non-hydrogen) atoms. The van der Waals surface area contributed by atoms with Gasteiger partial charge in [0.05, 0.1) is 39.9 Å². The fourth-order valence-electron chi connectivity index (χ4n) is 6.65. The number of amides is 1. The van der Waals surface area contributed by atoms with Crippen LogP contribution in [-0.4, -0.2) is 68.5 Å². The molecular weight excluding hydrogens is 840 g/mol. The quantitative estimate of drug-likeness (QED) is 0.0273. The number of rotatable bonds is 45. The van der Waals surface area contributed by atoms with Gasteiger partial charge >= 0.3 is 0 Å². The van der Waals surface area contributed by atoms with Crippen LogP contribution in [0, 0.1) is 0 Å². The Bertz CT molecular complexity index is 1480. The number of allylic oxidation sites excluding steroid dienone is 20. The summed E-state index contributed by atoms with van der Waals surface area (Å²) < 4.78 is 23.1. The Labute approximate surface area is 405 Å². The molecule has 0 aromatic rings. The molecule has 9 heteroatoms. The minimum absolute atomic E-state index is 0.00341. The molecule has 0 saturated carbocycles. The van der Waals surface area contributed by atoms with Gasteiger partial charge in [0.2, 0.25) is 5.91 Å². The monoisotopic (exact) mass is 937 g/mol. The predicted octanol–water partition coefficient (Wildman–Crippen LogP) is 14.8. The zero-order chi connectivity index (χ0) is 48.5. The van der Waals surface area contributed by atoms with Gasteiger partial charge in [-0.15, -0.1) is 0 Å². The summed E-state index contributed by atoms with van der Waals surface area (Å²) in [7, 11) is 1.27. The van der Waals surface area contributed by atoms with Crippen molar-refractivity contribution in [3.05, 3.63) is 122 Å². The smallest absolute Gasteiger partial charge is 0.268 e. The molecule has 0 aliphatic carbocycles. The van der Waals surface area contributed by atoms with Crippen LogP contribution in [0.4, 0.5) is 0 Å². The summed E-state index contributed by atoms with van der Waals surface area (Å²) in [5, 5.41) is 13.7. The summed E-state index contributed by atoms with van der Waals surface area (Å²) in [5.41, 5.74) is 0. The van der Waals surface area contributed by atoms with E-state index in [1.54, 1.807) is 0 Å². The number of quaternary nitrogens is 1. The minimum Gasteiger partial charge on any atom is -0.756 e. The standard InChI is InChI=1S/C57H97N2O6P/c1-6-8-10-12-13-14-15-16-17-18-19-20-21-22-23-24-25-26-27-28-29-30-31-32-33-34-35-36-37-38-39-40-41-42-43-44-45-47-49-51-57(61)58-55(56(60)50-48-46-11-9-7-2)54-65-66(62,63)64-53-52-59(3,4)5/h8,10,13-14,16-17,19-20,22-23,25-26,28-29,31-32,34-35,37-38,55-56,60H,6-7,9,11-12,15,18,21,24,27,30,33,36,39-54H2,1-5H3,(H-,58,61,62,63)/b10-8-,14-13-,17-16-,20-19-,23-22-,26-25-,29-28-,32-31-,35-34-,38-37-. The molecule has 0 rings (SSSR count). The molecule has 0 aliphatic heterocycles. The zero-order valence-electron chi connectivity index (χ0n) is 42.6. The largest absolute Gasteiger partial charge is 0.756 e. The van der Waals surface area contributed by atoms with Gasteiger partial charge in [0.15, 0.2) is 0 Å². The first-order valence-electron chi connectivity index (χ1n) is 25.9. The lowest BCUT2D eigenvalue weighted by atomic mass is 10.0. The highest BCUT2D eigenvalue weighted by atomic mass is 31.2. The highest BCUT2D eigenvalue weighted by molar-refractivity contribution is 7.45. The second-order valence-corrected chi connectivity index (χ2v) is 19.6. The van der Waals surface area contributed by atoms with Crippen LogP contribution in [0.1, 0.15) is 181 Å². The Balaban J connectivity index is 3.96. The molecule has 0 aromatic heterocycles. The van der Waals surface area contributed by atoms with Gasteiger partial charge in [0.1, 0.15) is 13.2 Å². The van der Waals surface area contributed by atoms with Crippen molar-refractivity contribution in [2.45, 2.75) is 193 Å². The van der Waals surface area contributed by atoms with Crippen molar-refractivity contribution in [2.75, 3.05) is 40.9 Å². The number of phosphoric ester groups is 1. The molecule has 376 valence electrons. The van der Waals surface area contributed by atoms with Gasteiger partial charge in [0.25, 0.3) is 7.82 Å². The number of unbranched alkanes of at least 4 members (excludes halogenated alkanes) is 12. The maximum atomic E-state index is 12.8. The molecule has 0 radical (unpaired) electrons. The number of hydrogen-bond acceptors (Lipinski definition) is 6. The summed E-state index contributed by atoms with van der Waals surface area (Å²) in [4.78, 5) is 25.2. The van der Waals surface area contributed by atoms with E-state index in [0.717, 1.165) is 128 Å². The van der Waals surface area contributed by atoms with E-state index < -0.39 is 20.0 Å². The van der Waals surface area contributed by atoms with Crippen LogP contribution < -0.4 is 10.2 Å². The first-order chi connectivity index (χ1) is 32.0. The first kappa shape index (κ1) is 62.9. The fraction of sp³-hybridized carbons (Fsp3) is 0.632. The van der Waals surface area contributed by atoms with Crippen LogP contribution in [0.25, 0.3) is 0 Å². The molecule has 2 N–H and O–H groups in total. The van der Waals surface area contributed by atoms with E-state index in [1.165, 1.54) is 25.7 Å². The lowest BCUT2D eigenvalue weighted by molar-refractivity contribution is -0.870. The number of nitrogens with one attached hydrogen (secondary N) is 1. The summed E-state index contributed by atoms with van der Waals surface area (Å²) in [6.45, 7) is 4.47. The van der Waals surface area contributed by atoms with E-state index in [1.807, 2.05) is 21.1 Å². The van der Waals surface area contributed by atoms with Crippen molar-refractivity contribution < 1.29 is 32.9 Å². The second-order valence-electron chi connectivity index (χ2n) is 18.1. The SMILES string of the molecule is CC/C=C\C/C=C\C/C=C\C/C=C\C/C=C\C/C=C\C/C=C\C/C=C\C/C=C\C/C=C\CCCCCCCCCCC(=O)NC(COP(=O)([O-])OCC[N+](C)(C)C)C(O)CCCCCCC. The number of nitrogens with zero attached hydrogens (tertiary/aromatic N) is 1. The van der Waals surface area contributed by atoms with E-state index in [9.17, 15) is 19.4 Å². The number of hydrogen-bond donors (Lipinski definition) is 2. The first-order valence-corrected chi connectivity index (χ1v) is 27.3. The Hall–Kier alpha value is -3.10. The van der Waals surface area contributed by atoms with E-state index in [-0.39, 0.29) is 19.1 Å². The number of likely N-dealkylation sites (N-methyl/N-ethyl adjacent to an activating group) is 1. The Morgan fingerprint density at radius 2 is 0.924 bits per heavy atom. The molecule has 1 amide bonds. The van der Waals surface area contributed by atoms with Crippen molar-refractivity contribution in [1.82, 2.24) is 5.32 Å². The third-order valence-corrected chi connectivity index (χ3v) is 11.7. The highest BCUT2D eigenvalue weighted by Crippen LogP contribution is 2.38. The predicted molar refractivity (Wildman–Crippen MR) is 283 cm³/mol. The Kier molecular flexibility index (Phi) is 44.8. The second kappa shape index (κ2) is 47.0. The molecule has 0 bridgehead atoms. The van der Waals surface area contributed by atoms with Crippen LogP contribution in [0.3, 0.4) is 0 Å². The van der Waals surface area contributed by atoms with Crippen molar-refractivity contribution in [3.63, 3.8) is 0 Å². The Morgan fingerprint density at radius 1 is 0.545 bits per heavy atom. The van der Waals surface area contributed by atoms with Crippen molar-refractivity contribution >= 4 is 13.7 Å². The summed E-state index contributed by atoms with van der Waals surface area (Å²) >= 11 is 0. The van der Waals surface area contributed by atoms with E-state index in [0.29, 0.717) is 23.9 Å². The van der Waals surface area contributed by atoms with Gasteiger partial charge in [0, 0.05) is 6.42 Å². The van der Waals surface area contributed by atoms with Crippen molar-refractivity contribution in [3.8, 4) is 0 Å². The average molecular weight is 937 g/mol. The molecular formula is C57H97N2O6P. The molecule has 0 heterocycles. The summed E-state index contributed by atoms with van der Waals surface area (Å²) in [6.07, 6.45) is 69.9. The van der Waals surface area contributed by atoms with Crippen molar-refractivity contribution in [1.29, 1.82) is 0 Å². The lowest BCUT2D eigenvalue weighted by Gasteiger charge is -2.30. The molecule has 0 spiro atoms. The molecule has 0 fully saturated rings. The van der Waals surface area contributed by atoms with Crippen LogP contribution in [0.2, 0.25) is 0 Å². The molecule has 0 aliphatic rings. The molecule has 3 atom stereocenters. The lowest BCUT2D eigenvalue weighted by Crippen LogP contribution is -2.46. The minimum atomic E-state index is -4.56. The third-order valence-electron chi connectivity index (χ3n) is 10.7. The topological polar surface area (TPSA) is 108 Å². The summed E-state index contributed by atoms with van der Waals surface area (Å²) in [5.74, 6) is -0.187. The average Bonchev–Trinajstić information content (AvgIpc) is 3.27. The van der Waals surface area contributed by atoms with Gasteiger partial charge in [-0.2, -0.15) is 0 Å². The van der Waals surface area contributed by atoms with Gasteiger partial charge in [-0.05, 0) is 89.9 Å². The van der Waals surface area contributed by atoms with Crippen LogP contribution >= 0.6 is 7.82 Å². The van der Waals surface area contributed by atoms with E-state index >= 15 is 0 Å². The van der Waals surface area contributed by atoms with E-state index in [4.69, 9.17) is 9.05 Å². The number of phosphoric acid groups is 1. The highest BCUT2D eigenvalue weighted by Gasteiger charge is 2.24. The van der Waals surface area contributed by atoms with Gasteiger partial charge < -0.3 is 28.8 Å². The van der Waals surface area contributed by atoms with Gasteiger partial charge in [-0.25, -0.2) is 0 Å². The number of aliphatic hydroxyl groups excluding tert-OH is 1. The van der Waals surface area contributed by atoms with Gasteiger partial charge in [-0.3, -0.25) is 9.36 Å². The normalized spacial score (nSPS) is 15.1. The Morgan fingerprint density at radius 3 is 1.35 bits per heavy atom. The maximum absolute atomic E-state index is 12.8. The number of aliphatic hydroxyl groups is 1. The summed E-state index contributed by atoms with van der Waals surface area (Å²) in [6, 6.07) is -0.809. The zero-order valence-corrected chi connectivity index (χ0v) is 43.5. The van der Waals surface area contributed by atoms with Crippen LogP contribution in [-0.2, 0) is 18.4 Å². The number of carbonyl (C=O) groups is 1. The van der Waals surface area contributed by atoms with Crippen LogP contribution in [0.5, 0.6) is 0 Å². The molecule has 0 aromatic carbocycles. The number of carbonyl (C=O) groups excluding carboxylic acids is 1. The van der Waals surface area contributed by atoms with Crippen molar-refractivity contribution in [2.24, 2.45) is 0 Å². The fourth-order valence-corrected chi connectivity index (χ4v) is 7.38. The van der Waals surface area contributed by atoms with Gasteiger partial charge in [-0.1, -0.05) is 206 Å². The maximum Gasteiger partial charge on any atom is 0.268 e. The van der Waals surface area contributed by atoms with Crippen LogP contribution in [0.15, 0.2) is 122 Å². The molecule has 8 nitrogen and oxygen atoms in total.